The maximum Gasteiger partial charge on any atom is 0.339 e. The molecule has 1 aliphatic rings. The van der Waals surface area contributed by atoms with Crippen molar-refractivity contribution < 1.29 is 63.3 Å². The molecule has 2 aromatic carbocycles. The van der Waals surface area contributed by atoms with Gasteiger partial charge in [0.05, 0.1) is 52.0 Å². The maximum absolute atomic E-state index is 13.3. The van der Waals surface area contributed by atoms with E-state index in [1.165, 1.54) is 13.2 Å². The Labute approximate surface area is 358 Å². The Kier molecular flexibility index (Phi) is 16.7. The number of carbonyl (C=O) groups is 5. The Morgan fingerprint density at radius 1 is 0.951 bits per heavy atom. The first-order chi connectivity index (χ1) is 29.2. The van der Waals surface area contributed by atoms with Crippen molar-refractivity contribution in [3.8, 4) is 5.75 Å². The minimum atomic E-state index is -1.62. The topological polar surface area (TPSA) is 288 Å². The van der Waals surface area contributed by atoms with E-state index in [2.05, 4.69) is 26.3 Å². The molecule has 330 valence electrons. The second-order valence-electron chi connectivity index (χ2n) is 13.8. The fourth-order valence-corrected chi connectivity index (χ4v) is 6.91. The number of aryl methyl sites for hydroxylation is 3. The molecule has 3 heterocycles. The number of benzene rings is 2. The molecule has 0 unspecified atom stereocenters. The van der Waals surface area contributed by atoms with Crippen molar-refractivity contribution in [3.63, 3.8) is 0 Å². The largest absolute Gasteiger partial charge is 0.483 e. The number of ether oxygens (including phenoxy) is 4. The zero-order valence-corrected chi connectivity index (χ0v) is 34.6. The van der Waals surface area contributed by atoms with Crippen molar-refractivity contribution in [3.05, 3.63) is 69.2 Å². The van der Waals surface area contributed by atoms with Crippen LogP contribution in [-0.2, 0) is 59.5 Å². The van der Waals surface area contributed by atoms with E-state index < -0.39 is 74.2 Å². The Balaban J connectivity index is 1.12. The number of carbonyl (C=O) groups excluding carboxylic acids is 4. The molecular formula is C38H46Cl2N8O13. The van der Waals surface area contributed by atoms with Crippen LogP contribution in [0.4, 0.5) is 0 Å². The molecule has 0 bridgehead atoms. The number of rotatable bonds is 21. The highest BCUT2D eigenvalue weighted by Gasteiger charge is 2.47. The molecule has 7 N–H and O–H groups in total. The van der Waals surface area contributed by atoms with Crippen LogP contribution in [0.25, 0.3) is 11.0 Å². The summed E-state index contributed by atoms with van der Waals surface area (Å²) in [6, 6.07) is 8.89. The number of amides is 3. The van der Waals surface area contributed by atoms with Crippen LogP contribution >= 0.6 is 23.2 Å². The van der Waals surface area contributed by atoms with Gasteiger partial charge in [0.15, 0.2) is 18.1 Å². The number of nitrogens with one attached hydrogen (secondary N) is 3. The molecule has 0 radical (unpaired) electrons. The minimum absolute atomic E-state index is 0.000405. The predicted molar refractivity (Wildman–Crippen MR) is 213 cm³/mol. The molecule has 61 heavy (non-hydrogen) atoms. The highest BCUT2D eigenvalue weighted by atomic mass is 35.5. The van der Waals surface area contributed by atoms with Crippen molar-refractivity contribution in [2.45, 2.75) is 83.0 Å². The molecule has 5 atom stereocenters. The first-order valence-corrected chi connectivity index (χ1v) is 19.8. The van der Waals surface area contributed by atoms with Gasteiger partial charge in [-0.05, 0) is 49.9 Å². The summed E-state index contributed by atoms with van der Waals surface area (Å²) in [4.78, 5) is 64.1. The van der Waals surface area contributed by atoms with Crippen LogP contribution < -0.4 is 20.7 Å². The monoisotopic (exact) mass is 892 g/mol. The van der Waals surface area contributed by atoms with E-state index in [9.17, 15) is 39.3 Å². The average Bonchev–Trinajstić information content (AvgIpc) is 3.85. The summed E-state index contributed by atoms with van der Waals surface area (Å²) in [6.07, 6.45) is -3.49. The van der Waals surface area contributed by atoms with Crippen LogP contribution in [0, 0.1) is 6.92 Å². The van der Waals surface area contributed by atoms with Crippen molar-refractivity contribution >= 4 is 63.9 Å². The van der Waals surface area contributed by atoms with Gasteiger partial charge >= 0.3 is 11.9 Å². The Hall–Kier alpha value is -5.42. The number of aromatic nitrogens is 5. The van der Waals surface area contributed by atoms with Gasteiger partial charge < -0.3 is 59.9 Å². The number of esters is 1. The summed E-state index contributed by atoms with van der Waals surface area (Å²) < 4.78 is 25.9. The SMILES string of the molecule is CO[C@H]1O[C@H](CO)[C@@H](O)[C@H](O)[C@H]1OC(=O)c1cc(Cl)c(OCc2nc3ccccc3n2CCCc2cn(CCCC(=O)NCC(=O)NCC(=O)NCC(=O)O)nn2)c(Cl)c1C. The van der Waals surface area contributed by atoms with E-state index in [1.54, 1.807) is 17.8 Å². The highest BCUT2D eigenvalue weighted by molar-refractivity contribution is 6.38. The molecule has 1 saturated heterocycles. The molecule has 4 aromatic rings. The van der Waals surface area contributed by atoms with E-state index in [-0.39, 0.29) is 52.4 Å². The number of carboxylic acids is 1. The number of methoxy groups -OCH3 is 1. The van der Waals surface area contributed by atoms with Gasteiger partial charge in [-0.2, -0.15) is 0 Å². The third-order valence-corrected chi connectivity index (χ3v) is 10.3. The molecule has 0 aliphatic carbocycles. The number of halogens is 2. The number of aliphatic carboxylic acids is 1. The van der Waals surface area contributed by atoms with Crippen LogP contribution in [0.1, 0.15) is 46.7 Å². The van der Waals surface area contributed by atoms with Gasteiger partial charge in [0.1, 0.15) is 37.3 Å². The van der Waals surface area contributed by atoms with Gasteiger partial charge in [0, 0.05) is 32.8 Å². The number of hydrogen-bond acceptors (Lipinski definition) is 15. The lowest BCUT2D eigenvalue weighted by Gasteiger charge is -2.40. The molecule has 3 amide bonds. The van der Waals surface area contributed by atoms with Crippen LogP contribution in [-0.4, -0.2) is 139 Å². The Morgan fingerprint density at radius 2 is 1.66 bits per heavy atom. The summed E-state index contributed by atoms with van der Waals surface area (Å²) in [6.45, 7) is 0.538. The first kappa shape index (κ1) is 46.6. The fraction of sp³-hybridized carbons (Fsp3) is 0.474. The van der Waals surface area contributed by atoms with Crippen molar-refractivity contribution in [2.24, 2.45) is 0 Å². The minimum Gasteiger partial charge on any atom is -0.483 e. The zero-order valence-electron chi connectivity index (χ0n) is 33.1. The van der Waals surface area contributed by atoms with E-state index >= 15 is 0 Å². The molecule has 21 nitrogen and oxygen atoms in total. The Bertz CT molecular complexity index is 2200. The fourth-order valence-electron chi connectivity index (χ4n) is 6.35. The first-order valence-electron chi connectivity index (χ1n) is 19.0. The lowest BCUT2D eigenvalue weighted by atomic mass is 9.99. The van der Waals surface area contributed by atoms with Crippen LogP contribution in [0.15, 0.2) is 36.5 Å². The molecule has 2 aromatic heterocycles. The molecule has 5 rings (SSSR count). The summed E-state index contributed by atoms with van der Waals surface area (Å²) in [5.74, 6) is -3.11. The van der Waals surface area contributed by atoms with Gasteiger partial charge in [-0.25, -0.2) is 9.78 Å². The third-order valence-electron chi connectivity index (χ3n) is 9.54. The van der Waals surface area contributed by atoms with Gasteiger partial charge in [-0.15, -0.1) is 5.10 Å². The van der Waals surface area contributed by atoms with E-state index in [0.29, 0.717) is 38.2 Å². The van der Waals surface area contributed by atoms with Crippen LogP contribution in [0.2, 0.25) is 10.0 Å². The smallest absolute Gasteiger partial charge is 0.339 e. The standard InChI is InChI=1S/C38H46Cl2N8O13/c1-20-22(37(57)61-36-34(56)33(55)26(18-49)60-38(36)58-2)13-23(39)35(32(20)40)59-19-27-44-24-8-3-4-9-25(24)48(27)12-5-7-21-17-47(46-45-21)11-6-10-28(50)41-14-29(51)42-15-30(52)43-16-31(53)54/h3-4,8-9,13,17,26,33-34,36,38,49,55-56H,5-7,10-12,14-16,18-19H2,1-2H3,(H,41,50)(H,42,51)(H,43,52)(H,53,54)/t26-,33-,34+,36-,38+/m1/s1. The second-order valence-corrected chi connectivity index (χ2v) is 14.6. The van der Waals surface area contributed by atoms with Crippen molar-refractivity contribution in [1.29, 1.82) is 0 Å². The third kappa shape index (κ3) is 12.3. The molecule has 0 saturated carbocycles. The zero-order chi connectivity index (χ0) is 44.2. The lowest BCUT2D eigenvalue weighted by molar-refractivity contribution is -0.293. The van der Waals surface area contributed by atoms with Crippen molar-refractivity contribution in [1.82, 2.24) is 40.5 Å². The van der Waals surface area contributed by atoms with Crippen molar-refractivity contribution in [2.75, 3.05) is 33.4 Å². The van der Waals surface area contributed by atoms with Gasteiger partial charge in [-0.3, -0.25) is 23.9 Å². The number of para-hydroxylation sites is 2. The number of carboxylic acid groups (broad SMARTS) is 1. The highest BCUT2D eigenvalue weighted by Crippen LogP contribution is 2.39. The van der Waals surface area contributed by atoms with Gasteiger partial charge in [-0.1, -0.05) is 40.5 Å². The van der Waals surface area contributed by atoms with Crippen LogP contribution in [0.5, 0.6) is 5.75 Å². The van der Waals surface area contributed by atoms with Crippen LogP contribution in [0.3, 0.4) is 0 Å². The number of aliphatic hydroxyl groups is 3. The summed E-state index contributed by atoms with van der Waals surface area (Å²) >= 11 is 13.3. The quantitative estimate of drug-likeness (QED) is 0.0553. The number of hydrogen-bond donors (Lipinski definition) is 7. The van der Waals surface area contributed by atoms with Gasteiger partial charge in [0.25, 0.3) is 0 Å². The van der Waals surface area contributed by atoms with E-state index in [4.69, 9.17) is 52.2 Å². The normalized spacial score (nSPS) is 18.7. The summed E-state index contributed by atoms with van der Waals surface area (Å²) in [5, 5.41) is 54.3. The lowest BCUT2D eigenvalue weighted by Crippen LogP contribution is -2.60. The molecule has 1 aliphatic heterocycles. The van der Waals surface area contributed by atoms with Gasteiger partial charge in [0.2, 0.25) is 17.7 Å². The summed E-state index contributed by atoms with van der Waals surface area (Å²) in [7, 11) is 1.26. The predicted octanol–water partition coefficient (Wildman–Crippen LogP) is 0.279. The number of fused-ring (bicyclic) bond motifs is 1. The Morgan fingerprint density at radius 3 is 2.36 bits per heavy atom. The molecular weight excluding hydrogens is 847 g/mol. The molecule has 23 heteroatoms. The second kappa shape index (κ2) is 21.9. The number of imidazole rings is 1. The molecule has 1 fully saturated rings. The average molecular weight is 894 g/mol. The maximum atomic E-state index is 13.3. The number of aliphatic hydroxyl groups excluding tert-OH is 3. The van der Waals surface area contributed by atoms with E-state index in [0.717, 1.165) is 16.7 Å². The van der Waals surface area contributed by atoms with E-state index in [1.807, 2.05) is 28.8 Å². The summed E-state index contributed by atoms with van der Waals surface area (Å²) in [5.41, 5.74) is 2.58. The molecule has 0 spiro atoms. The number of nitrogens with zero attached hydrogens (tertiary/aromatic N) is 5.